The molecule has 0 saturated carbocycles. The maximum atomic E-state index is 11.9. The quantitative estimate of drug-likeness (QED) is 0.635. The summed E-state index contributed by atoms with van der Waals surface area (Å²) in [6.45, 7) is 0.846. The standard InChI is InChI=1S/C11H14N4O4S/c16-11(17)10-7-9(8-12-10)20(18,19)14-4-2-6-15-5-1-3-13-15/h1,3,5,7-8,12,14H,2,4,6H2,(H,16,17). The molecule has 0 aliphatic carbocycles. The molecule has 0 saturated heterocycles. The van der Waals surface area contributed by atoms with Crippen LogP contribution in [0.5, 0.6) is 0 Å². The number of nitrogens with one attached hydrogen (secondary N) is 2. The van der Waals surface area contributed by atoms with Crippen molar-refractivity contribution in [3.05, 3.63) is 36.4 Å². The fourth-order valence-electron chi connectivity index (χ4n) is 1.62. The van der Waals surface area contributed by atoms with Gasteiger partial charge in [0.2, 0.25) is 10.0 Å². The van der Waals surface area contributed by atoms with Crippen molar-refractivity contribution in [2.75, 3.05) is 6.54 Å². The Labute approximate surface area is 115 Å². The van der Waals surface area contributed by atoms with Crippen molar-refractivity contribution < 1.29 is 18.3 Å². The number of carbonyl (C=O) groups is 1. The van der Waals surface area contributed by atoms with Crippen molar-refractivity contribution >= 4 is 16.0 Å². The van der Waals surface area contributed by atoms with Crippen LogP contribution >= 0.6 is 0 Å². The van der Waals surface area contributed by atoms with Gasteiger partial charge in [-0.05, 0) is 18.6 Å². The minimum Gasteiger partial charge on any atom is -0.477 e. The number of hydrogen-bond acceptors (Lipinski definition) is 4. The zero-order valence-electron chi connectivity index (χ0n) is 10.5. The van der Waals surface area contributed by atoms with Gasteiger partial charge in [0.05, 0.1) is 0 Å². The lowest BCUT2D eigenvalue weighted by atomic mass is 10.4. The van der Waals surface area contributed by atoms with E-state index in [0.717, 1.165) is 12.3 Å². The molecule has 0 aromatic carbocycles. The molecular formula is C11H14N4O4S. The van der Waals surface area contributed by atoms with E-state index in [1.807, 2.05) is 0 Å². The SMILES string of the molecule is O=C(O)c1cc(S(=O)(=O)NCCCn2cccn2)c[nH]1. The van der Waals surface area contributed by atoms with Crippen molar-refractivity contribution in [2.45, 2.75) is 17.9 Å². The second-order valence-electron chi connectivity index (χ2n) is 4.07. The molecule has 108 valence electrons. The van der Waals surface area contributed by atoms with E-state index in [9.17, 15) is 13.2 Å². The summed E-state index contributed by atoms with van der Waals surface area (Å²) >= 11 is 0. The molecule has 0 radical (unpaired) electrons. The molecule has 9 heteroatoms. The topological polar surface area (TPSA) is 117 Å². The summed E-state index contributed by atoms with van der Waals surface area (Å²) in [5.74, 6) is -1.20. The van der Waals surface area contributed by atoms with Crippen LogP contribution in [0.15, 0.2) is 35.6 Å². The molecule has 8 nitrogen and oxygen atoms in total. The smallest absolute Gasteiger partial charge is 0.352 e. The molecule has 0 bridgehead atoms. The number of aromatic amines is 1. The molecule has 0 amide bonds. The largest absolute Gasteiger partial charge is 0.477 e. The highest BCUT2D eigenvalue weighted by Gasteiger charge is 2.17. The van der Waals surface area contributed by atoms with Crippen LogP contribution in [0.3, 0.4) is 0 Å². The third-order valence-corrected chi connectivity index (χ3v) is 4.05. The summed E-state index contributed by atoms with van der Waals surface area (Å²) < 4.78 is 27.9. The molecule has 2 aromatic heterocycles. The van der Waals surface area contributed by atoms with Gasteiger partial charge in [-0.1, -0.05) is 0 Å². The lowest BCUT2D eigenvalue weighted by Crippen LogP contribution is -2.25. The number of aryl methyl sites for hydroxylation is 1. The van der Waals surface area contributed by atoms with E-state index in [4.69, 9.17) is 5.11 Å². The number of sulfonamides is 1. The first kappa shape index (κ1) is 14.3. The number of aromatic nitrogens is 3. The highest BCUT2D eigenvalue weighted by atomic mass is 32.2. The van der Waals surface area contributed by atoms with E-state index < -0.39 is 16.0 Å². The van der Waals surface area contributed by atoms with Gasteiger partial charge in [-0.2, -0.15) is 5.10 Å². The van der Waals surface area contributed by atoms with Crippen LogP contribution in [0.2, 0.25) is 0 Å². The van der Waals surface area contributed by atoms with Gasteiger partial charge >= 0.3 is 5.97 Å². The van der Waals surface area contributed by atoms with E-state index >= 15 is 0 Å². The van der Waals surface area contributed by atoms with Crippen molar-refractivity contribution in [3.8, 4) is 0 Å². The van der Waals surface area contributed by atoms with Gasteiger partial charge in [0.1, 0.15) is 10.6 Å². The van der Waals surface area contributed by atoms with E-state index in [2.05, 4.69) is 14.8 Å². The number of rotatable bonds is 7. The Morgan fingerprint density at radius 1 is 1.50 bits per heavy atom. The second kappa shape index (κ2) is 5.88. The molecule has 20 heavy (non-hydrogen) atoms. The maximum absolute atomic E-state index is 11.9. The van der Waals surface area contributed by atoms with E-state index in [1.165, 1.54) is 0 Å². The highest BCUT2D eigenvalue weighted by molar-refractivity contribution is 7.89. The molecule has 0 atom stereocenters. The summed E-state index contributed by atoms with van der Waals surface area (Å²) in [5, 5.41) is 12.7. The van der Waals surface area contributed by atoms with Gasteiger partial charge in [0.25, 0.3) is 0 Å². The number of H-pyrrole nitrogens is 1. The van der Waals surface area contributed by atoms with E-state index in [0.29, 0.717) is 13.0 Å². The van der Waals surface area contributed by atoms with Crippen molar-refractivity contribution in [3.63, 3.8) is 0 Å². The molecule has 0 spiro atoms. The average molecular weight is 298 g/mol. The van der Waals surface area contributed by atoms with Gasteiger partial charge in [-0.15, -0.1) is 0 Å². The number of nitrogens with zero attached hydrogens (tertiary/aromatic N) is 2. The van der Waals surface area contributed by atoms with Gasteiger partial charge in [0.15, 0.2) is 0 Å². The molecule has 2 rings (SSSR count). The Bertz CT molecular complexity index is 675. The fraction of sp³-hybridized carbons (Fsp3) is 0.273. The van der Waals surface area contributed by atoms with Crippen molar-refractivity contribution in [1.82, 2.24) is 19.5 Å². The van der Waals surface area contributed by atoms with Gasteiger partial charge in [-0.3, -0.25) is 4.68 Å². The molecule has 0 unspecified atom stereocenters. The summed E-state index contributed by atoms with van der Waals surface area (Å²) in [5.41, 5.74) is -0.165. The van der Waals surface area contributed by atoms with Gasteiger partial charge in [0, 0.05) is 31.7 Å². The average Bonchev–Trinajstić information content (AvgIpc) is 3.05. The number of carboxylic acid groups (broad SMARTS) is 1. The summed E-state index contributed by atoms with van der Waals surface area (Å²) in [4.78, 5) is 13.0. The van der Waals surface area contributed by atoms with Crippen LogP contribution < -0.4 is 4.72 Å². The zero-order valence-corrected chi connectivity index (χ0v) is 11.3. The first-order valence-corrected chi connectivity index (χ1v) is 7.36. The Balaban J connectivity index is 1.88. The van der Waals surface area contributed by atoms with Crippen LogP contribution in [0.25, 0.3) is 0 Å². The molecule has 3 N–H and O–H groups in total. The maximum Gasteiger partial charge on any atom is 0.352 e. The van der Waals surface area contributed by atoms with Crippen LogP contribution in [-0.2, 0) is 16.6 Å². The van der Waals surface area contributed by atoms with Crippen LogP contribution in [-0.4, -0.2) is 40.8 Å². The first-order chi connectivity index (χ1) is 9.49. The summed E-state index contributed by atoms with van der Waals surface area (Å²) in [7, 11) is -3.69. The molecule has 0 aliphatic heterocycles. The molecular weight excluding hydrogens is 284 g/mol. The van der Waals surface area contributed by atoms with E-state index in [1.54, 1.807) is 23.1 Å². The summed E-state index contributed by atoms with van der Waals surface area (Å²) in [6.07, 6.45) is 5.17. The monoisotopic (exact) mass is 298 g/mol. The third kappa shape index (κ3) is 3.45. The predicted octanol–water partition coefficient (Wildman–Crippen LogP) is 0.278. The lowest BCUT2D eigenvalue weighted by molar-refractivity contribution is 0.0691. The number of hydrogen-bond donors (Lipinski definition) is 3. The van der Waals surface area contributed by atoms with Gasteiger partial charge in [-0.25, -0.2) is 17.9 Å². The number of aromatic carboxylic acids is 1. The Kier molecular flexibility index (Phi) is 4.20. The molecule has 2 heterocycles. The second-order valence-corrected chi connectivity index (χ2v) is 5.84. The Morgan fingerprint density at radius 2 is 2.30 bits per heavy atom. The van der Waals surface area contributed by atoms with Crippen molar-refractivity contribution in [2.24, 2.45) is 0 Å². The number of carboxylic acids is 1. The fourth-order valence-corrected chi connectivity index (χ4v) is 2.68. The normalized spacial score (nSPS) is 11.6. The Hall–Kier alpha value is -2.13. The van der Waals surface area contributed by atoms with Crippen LogP contribution in [0.4, 0.5) is 0 Å². The van der Waals surface area contributed by atoms with E-state index in [-0.39, 0.29) is 17.1 Å². The lowest BCUT2D eigenvalue weighted by Gasteiger charge is -2.05. The molecule has 2 aromatic rings. The van der Waals surface area contributed by atoms with Crippen LogP contribution in [0, 0.1) is 0 Å². The predicted molar refractivity (Wildman–Crippen MR) is 69.8 cm³/mol. The first-order valence-electron chi connectivity index (χ1n) is 5.88. The minimum atomic E-state index is -3.69. The van der Waals surface area contributed by atoms with Crippen LogP contribution in [0.1, 0.15) is 16.9 Å². The van der Waals surface area contributed by atoms with Crippen molar-refractivity contribution in [1.29, 1.82) is 0 Å². The molecule has 0 fully saturated rings. The minimum absolute atomic E-state index is 0.0889. The molecule has 0 aliphatic rings. The van der Waals surface area contributed by atoms with Gasteiger partial charge < -0.3 is 10.1 Å². The third-order valence-electron chi connectivity index (χ3n) is 2.61. The Morgan fingerprint density at radius 3 is 2.90 bits per heavy atom. The zero-order chi connectivity index (χ0) is 14.6. The highest BCUT2D eigenvalue weighted by Crippen LogP contribution is 2.10. The summed E-state index contributed by atoms with van der Waals surface area (Å²) in [6, 6.07) is 2.87.